The van der Waals surface area contributed by atoms with Crippen molar-refractivity contribution >= 4 is 29.5 Å². The summed E-state index contributed by atoms with van der Waals surface area (Å²) in [5.41, 5.74) is 11.5. The second kappa shape index (κ2) is 5.95. The molecule has 0 saturated carbocycles. The molecule has 0 aromatic carbocycles. The molecule has 5 nitrogen and oxygen atoms in total. The third-order valence-electron chi connectivity index (χ3n) is 4.94. The second-order valence-corrected chi connectivity index (χ2v) is 7.30. The van der Waals surface area contributed by atoms with Crippen LogP contribution in [-0.4, -0.2) is 21.3 Å². The minimum absolute atomic E-state index is 0.131. The third kappa shape index (κ3) is 2.47. The van der Waals surface area contributed by atoms with Crippen LogP contribution in [0, 0.1) is 18.2 Å². The van der Waals surface area contributed by atoms with Gasteiger partial charge in [-0.05, 0) is 35.6 Å². The molecule has 4 rings (SSSR count). The molecule has 1 atom stereocenters. The zero-order valence-corrected chi connectivity index (χ0v) is 14.4. The van der Waals surface area contributed by atoms with Crippen molar-refractivity contribution < 1.29 is 0 Å². The van der Waals surface area contributed by atoms with Gasteiger partial charge in [0.15, 0.2) is 5.65 Å². The van der Waals surface area contributed by atoms with Gasteiger partial charge < -0.3 is 5.73 Å². The van der Waals surface area contributed by atoms with Gasteiger partial charge in [-0.3, -0.25) is 0 Å². The molecule has 1 aliphatic heterocycles. The van der Waals surface area contributed by atoms with Gasteiger partial charge in [-0.1, -0.05) is 19.1 Å². The van der Waals surface area contributed by atoms with E-state index in [0.717, 1.165) is 47.9 Å². The Morgan fingerprint density at radius 1 is 1.42 bits per heavy atom. The lowest BCUT2D eigenvalue weighted by molar-refractivity contribution is 0.614. The maximum absolute atomic E-state index is 9.24. The van der Waals surface area contributed by atoms with E-state index < -0.39 is 0 Å². The maximum atomic E-state index is 9.24. The average Bonchev–Trinajstić information content (AvgIpc) is 3.20. The van der Waals surface area contributed by atoms with Crippen LogP contribution in [0.15, 0.2) is 23.0 Å². The van der Waals surface area contributed by atoms with Crippen molar-refractivity contribution in [2.24, 2.45) is 0 Å². The molecular weight excluding hydrogens is 317 g/mol. The highest BCUT2D eigenvalue weighted by Gasteiger charge is 2.28. The summed E-state index contributed by atoms with van der Waals surface area (Å²) in [6, 6.07) is 1.93. The van der Waals surface area contributed by atoms with Crippen molar-refractivity contribution in [2.75, 3.05) is 5.73 Å². The summed E-state index contributed by atoms with van der Waals surface area (Å²) in [4.78, 5) is 4.90. The van der Waals surface area contributed by atoms with Crippen LogP contribution in [-0.2, 0) is 0 Å². The molecule has 0 bridgehead atoms. The Kier molecular flexibility index (Phi) is 3.77. The molecular formula is C17H18BN5S. The Labute approximate surface area is 145 Å². The molecule has 120 valence electrons. The second-order valence-electron chi connectivity index (χ2n) is 6.56. The largest absolute Gasteiger partial charge is 0.384 e. The lowest BCUT2D eigenvalue weighted by atomic mass is 9.41. The number of anilines is 1. The van der Waals surface area contributed by atoms with Crippen LogP contribution in [0.4, 0.5) is 5.82 Å². The van der Waals surface area contributed by atoms with Crippen molar-refractivity contribution in [3.05, 3.63) is 34.3 Å². The standard InChI is InChI=1S/C17H18BN5S/c1-11-8-24-9-14(11)13-7-21-23-16(20)5-15(22-17(13)23)12-3-2-4-18(6-12)10-19/h5,7-9,12H,2-4,6,20H2,1H3. The molecule has 1 saturated heterocycles. The van der Waals surface area contributed by atoms with E-state index in [1.54, 1.807) is 15.9 Å². The van der Waals surface area contributed by atoms with Gasteiger partial charge in [0.25, 0.3) is 6.71 Å². The Morgan fingerprint density at radius 3 is 3.04 bits per heavy atom. The lowest BCUT2D eigenvalue weighted by Gasteiger charge is -2.23. The Bertz CT molecular complexity index is 938. The quantitative estimate of drug-likeness (QED) is 0.723. The minimum Gasteiger partial charge on any atom is -0.384 e. The SMILES string of the molecule is Cc1cscc1-c1cnn2c(N)cc(C3CCCB(C#N)C3)nc12. The van der Waals surface area contributed by atoms with E-state index in [1.165, 1.54) is 5.56 Å². The highest BCUT2D eigenvalue weighted by molar-refractivity contribution is 7.08. The maximum Gasteiger partial charge on any atom is 0.268 e. The van der Waals surface area contributed by atoms with Crippen LogP contribution in [0.1, 0.15) is 30.0 Å². The van der Waals surface area contributed by atoms with Crippen molar-refractivity contribution in [1.29, 1.82) is 5.26 Å². The highest BCUT2D eigenvalue weighted by atomic mass is 32.1. The van der Waals surface area contributed by atoms with E-state index in [0.29, 0.717) is 11.7 Å². The van der Waals surface area contributed by atoms with Crippen LogP contribution in [0.2, 0.25) is 12.6 Å². The first-order valence-electron chi connectivity index (χ1n) is 8.24. The first kappa shape index (κ1) is 15.2. The fourth-order valence-electron chi connectivity index (χ4n) is 3.62. The monoisotopic (exact) mass is 335 g/mol. The number of hydrogen-bond acceptors (Lipinski definition) is 5. The van der Waals surface area contributed by atoms with Gasteiger partial charge in [0.2, 0.25) is 0 Å². The Balaban J connectivity index is 1.81. The van der Waals surface area contributed by atoms with Crippen molar-refractivity contribution in [3.63, 3.8) is 0 Å². The van der Waals surface area contributed by atoms with Gasteiger partial charge >= 0.3 is 0 Å². The summed E-state index contributed by atoms with van der Waals surface area (Å²) >= 11 is 1.68. The number of aromatic nitrogens is 3. The van der Waals surface area contributed by atoms with Crippen molar-refractivity contribution in [1.82, 2.24) is 14.6 Å². The smallest absolute Gasteiger partial charge is 0.268 e. The predicted octanol–water partition coefficient (Wildman–Crippen LogP) is 3.78. The number of rotatable bonds is 2. The first-order chi connectivity index (χ1) is 11.7. The van der Waals surface area contributed by atoms with Gasteiger partial charge in [0.1, 0.15) is 5.82 Å². The molecule has 24 heavy (non-hydrogen) atoms. The summed E-state index contributed by atoms with van der Waals surface area (Å²) in [6.07, 6.45) is 5.86. The van der Waals surface area contributed by atoms with E-state index in [1.807, 2.05) is 12.3 Å². The van der Waals surface area contributed by atoms with Crippen LogP contribution in [0.5, 0.6) is 0 Å². The number of fused-ring (bicyclic) bond motifs is 1. The summed E-state index contributed by atoms with van der Waals surface area (Å²) in [5.74, 6) is 3.33. The average molecular weight is 335 g/mol. The normalized spacial score (nSPS) is 18.0. The van der Waals surface area contributed by atoms with Crippen LogP contribution < -0.4 is 5.73 Å². The van der Waals surface area contributed by atoms with Crippen LogP contribution in [0.25, 0.3) is 16.8 Å². The predicted molar refractivity (Wildman–Crippen MR) is 98.4 cm³/mol. The molecule has 0 spiro atoms. The molecule has 0 amide bonds. The van der Waals surface area contributed by atoms with E-state index in [2.05, 4.69) is 28.8 Å². The Morgan fingerprint density at radius 2 is 2.29 bits per heavy atom. The summed E-state index contributed by atoms with van der Waals surface area (Å²) in [5, 5.41) is 17.9. The van der Waals surface area contributed by atoms with Crippen LogP contribution >= 0.6 is 11.3 Å². The summed E-state index contributed by atoms with van der Waals surface area (Å²) < 4.78 is 1.71. The van der Waals surface area contributed by atoms with Crippen LogP contribution in [0.3, 0.4) is 0 Å². The van der Waals surface area contributed by atoms with Crippen molar-refractivity contribution in [3.8, 4) is 17.1 Å². The molecule has 0 radical (unpaired) electrons. The molecule has 7 heteroatoms. The number of hydrogen-bond donors (Lipinski definition) is 1. The Hall–Kier alpha value is -2.33. The summed E-state index contributed by atoms with van der Waals surface area (Å²) in [6.45, 7) is 2.23. The fourth-order valence-corrected chi connectivity index (χ4v) is 4.47. The molecule has 3 aromatic rings. The zero-order chi connectivity index (χ0) is 16.7. The van der Waals surface area contributed by atoms with E-state index in [9.17, 15) is 5.26 Å². The summed E-state index contributed by atoms with van der Waals surface area (Å²) in [7, 11) is 0. The zero-order valence-electron chi connectivity index (χ0n) is 13.6. The van der Waals surface area contributed by atoms with E-state index in [-0.39, 0.29) is 6.71 Å². The van der Waals surface area contributed by atoms with Gasteiger partial charge in [0, 0.05) is 28.9 Å². The number of aryl methyl sites for hydroxylation is 1. The molecule has 1 unspecified atom stereocenters. The molecule has 0 aliphatic carbocycles. The fraction of sp³-hybridized carbons (Fsp3) is 0.353. The van der Waals surface area contributed by atoms with Gasteiger partial charge in [0.05, 0.1) is 6.20 Å². The first-order valence-corrected chi connectivity index (χ1v) is 9.18. The minimum atomic E-state index is 0.131. The number of nitrogens with zero attached hydrogens (tertiary/aromatic N) is 4. The molecule has 3 aromatic heterocycles. The number of nitrogens with two attached hydrogens (primary N) is 1. The van der Waals surface area contributed by atoms with Gasteiger partial charge in [-0.25, -0.2) is 10.2 Å². The van der Waals surface area contributed by atoms with E-state index in [4.69, 9.17) is 10.7 Å². The highest BCUT2D eigenvalue weighted by Crippen LogP contribution is 2.35. The van der Waals surface area contributed by atoms with Gasteiger partial charge in [-0.2, -0.15) is 21.0 Å². The molecule has 1 aliphatic rings. The van der Waals surface area contributed by atoms with Crippen molar-refractivity contribution in [2.45, 2.75) is 38.3 Å². The molecule has 2 N–H and O–H groups in total. The van der Waals surface area contributed by atoms with E-state index >= 15 is 0 Å². The molecule has 4 heterocycles. The third-order valence-corrected chi connectivity index (χ3v) is 5.80. The van der Waals surface area contributed by atoms with Gasteiger partial charge in [-0.15, -0.1) is 0 Å². The molecule has 1 fully saturated rings. The topological polar surface area (TPSA) is 80.0 Å². The number of nitrogen functional groups attached to an aromatic ring is 1. The number of thiophene rings is 1. The lowest BCUT2D eigenvalue weighted by Crippen LogP contribution is -2.21. The number of nitriles is 1.